The number of carbonyl (C=O) groups excluding carboxylic acids is 2. The second-order valence-electron chi connectivity index (χ2n) is 2.62. The van der Waals surface area contributed by atoms with Gasteiger partial charge in [-0.05, 0) is 6.08 Å². The molecule has 0 unspecified atom stereocenters. The summed E-state index contributed by atoms with van der Waals surface area (Å²) in [6, 6.07) is -0.541. The van der Waals surface area contributed by atoms with Gasteiger partial charge in [0.25, 0.3) is 5.91 Å². The lowest BCUT2D eigenvalue weighted by atomic mass is 10.6. The lowest BCUT2D eigenvalue weighted by Gasteiger charge is -1.94. The molecule has 3 amide bonds. The van der Waals surface area contributed by atoms with Gasteiger partial charge in [0.05, 0.1) is 44.0 Å². The normalized spacial score (nSPS) is 7.27. The minimum atomic E-state index is -0.541. The number of rotatable bonds is 1. The monoisotopic (exact) mass is 328 g/mol. The van der Waals surface area contributed by atoms with Crippen LogP contribution >= 0.6 is 22.9 Å². The fraction of sp³-hybridized carbons (Fsp3) is 0.333. The van der Waals surface area contributed by atoms with Gasteiger partial charge in [0, 0.05) is 0 Å². The van der Waals surface area contributed by atoms with Crippen molar-refractivity contribution in [3.63, 3.8) is 0 Å². The first-order valence-electron chi connectivity index (χ1n) is 4.04. The molecule has 15 heavy (non-hydrogen) atoms. The molecule has 0 saturated carbocycles. The van der Waals surface area contributed by atoms with Crippen molar-refractivity contribution in [1.82, 2.24) is 8.85 Å². The zero-order valence-electron chi connectivity index (χ0n) is 9.39. The Morgan fingerprint density at radius 2 is 1.60 bits per heavy atom. The zero-order valence-corrected chi connectivity index (χ0v) is 11.6. The molecule has 0 radical (unpaired) electrons. The van der Waals surface area contributed by atoms with Crippen LogP contribution in [0.4, 0.5) is 4.79 Å². The van der Waals surface area contributed by atoms with E-state index < -0.39 is 11.9 Å². The Morgan fingerprint density at radius 3 is 1.80 bits per heavy atom. The molecule has 0 heterocycles. The number of urea groups is 1. The molecule has 0 aliphatic carbocycles. The Balaban J connectivity index is -0.000000202. The first-order chi connectivity index (χ1) is 6.93. The predicted octanol–water partition coefficient (Wildman–Crippen LogP) is -0.0889. The third kappa shape index (κ3) is 32.0. The highest BCUT2D eigenvalue weighted by atomic mass is 127. The molecule has 0 aliphatic heterocycles. The van der Waals surface area contributed by atoms with Crippen LogP contribution in [0.3, 0.4) is 0 Å². The standard InChI is InChI=1S/C4H5IN2O2.C3H9N.C2H4/c1-2-3(8)6-4(9)7-5;1-4(2)3;1-2/h2H,1H2,(H2,6,7,8,9);1-3H3;1-2H2/p+1. The quantitative estimate of drug-likeness (QED) is 0.273. The number of halogens is 1. The van der Waals surface area contributed by atoms with Gasteiger partial charge in [-0.15, -0.1) is 13.2 Å². The Kier molecular flexibility index (Phi) is 20.4. The smallest absolute Gasteiger partial charge is 0.330 e. The Bertz CT molecular complexity index is 193. The minimum Gasteiger partial charge on any atom is -0.342 e. The molecule has 0 spiro atoms. The molecule has 0 saturated heterocycles. The molecule has 5 nitrogen and oxygen atoms in total. The molecule has 6 heteroatoms. The second-order valence-corrected chi connectivity index (χ2v) is 3.16. The van der Waals surface area contributed by atoms with E-state index in [1.54, 1.807) is 22.9 Å². The van der Waals surface area contributed by atoms with Crippen LogP contribution in [0.1, 0.15) is 0 Å². The summed E-state index contributed by atoms with van der Waals surface area (Å²) in [7, 11) is 6.25. The molecule has 0 rings (SSSR count). The summed E-state index contributed by atoms with van der Waals surface area (Å²) < 4.78 is 2.18. The van der Waals surface area contributed by atoms with Gasteiger partial charge in [0.2, 0.25) is 0 Å². The van der Waals surface area contributed by atoms with Gasteiger partial charge in [-0.2, -0.15) is 0 Å². The maximum Gasteiger partial charge on any atom is 0.330 e. The number of amides is 3. The molecular weight excluding hydrogens is 309 g/mol. The van der Waals surface area contributed by atoms with Crippen LogP contribution in [-0.4, -0.2) is 33.1 Å². The molecule has 0 aromatic rings. The average molecular weight is 328 g/mol. The largest absolute Gasteiger partial charge is 0.342 e. The van der Waals surface area contributed by atoms with E-state index in [1.165, 1.54) is 4.90 Å². The van der Waals surface area contributed by atoms with Crippen molar-refractivity contribution in [2.24, 2.45) is 0 Å². The van der Waals surface area contributed by atoms with Gasteiger partial charge in [0.15, 0.2) is 0 Å². The minimum absolute atomic E-state index is 0.510. The van der Waals surface area contributed by atoms with Crippen LogP contribution in [0.25, 0.3) is 0 Å². The van der Waals surface area contributed by atoms with Crippen molar-refractivity contribution < 1.29 is 14.5 Å². The number of quaternary nitrogens is 1. The van der Waals surface area contributed by atoms with E-state index in [0.29, 0.717) is 0 Å². The SMILES string of the molecule is C=C.C=CC(=O)NC(=O)NI.C[NH+](C)C. The number of carbonyl (C=O) groups is 2. The van der Waals surface area contributed by atoms with Crippen molar-refractivity contribution in [3.05, 3.63) is 25.8 Å². The van der Waals surface area contributed by atoms with E-state index in [1.807, 2.05) is 5.32 Å². The van der Waals surface area contributed by atoms with Crippen molar-refractivity contribution >= 4 is 34.8 Å². The summed E-state index contributed by atoms with van der Waals surface area (Å²) >= 11 is 1.61. The molecule has 0 fully saturated rings. The zero-order chi connectivity index (χ0) is 12.9. The van der Waals surface area contributed by atoms with E-state index >= 15 is 0 Å². The summed E-state index contributed by atoms with van der Waals surface area (Å²) in [6.45, 7) is 9.15. The number of hydrogen-bond donors (Lipinski definition) is 3. The van der Waals surface area contributed by atoms with Gasteiger partial charge in [-0.3, -0.25) is 13.6 Å². The van der Waals surface area contributed by atoms with Crippen LogP contribution in [0.2, 0.25) is 0 Å². The van der Waals surface area contributed by atoms with E-state index in [9.17, 15) is 9.59 Å². The average Bonchev–Trinajstić information content (AvgIpc) is 2.19. The van der Waals surface area contributed by atoms with Crippen molar-refractivity contribution in [1.29, 1.82) is 0 Å². The van der Waals surface area contributed by atoms with E-state index in [0.717, 1.165) is 6.08 Å². The van der Waals surface area contributed by atoms with Crippen LogP contribution in [0.15, 0.2) is 25.8 Å². The Hall–Kier alpha value is -0.890. The highest BCUT2D eigenvalue weighted by molar-refractivity contribution is 14.1. The number of nitrogens with one attached hydrogen (secondary N) is 3. The predicted molar refractivity (Wildman–Crippen MR) is 70.9 cm³/mol. The van der Waals surface area contributed by atoms with Crippen molar-refractivity contribution in [2.45, 2.75) is 0 Å². The van der Waals surface area contributed by atoms with Gasteiger partial charge >= 0.3 is 6.03 Å². The summed E-state index contributed by atoms with van der Waals surface area (Å²) in [5, 5.41) is 1.96. The summed E-state index contributed by atoms with van der Waals surface area (Å²) in [4.78, 5) is 22.0. The fourth-order valence-corrected chi connectivity index (χ4v) is 0.321. The molecule has 3 N–H and O–H groups in total. The van der Waals surface area contributed by atoms with E-state index in [-0.39, 0.29) is 0 Å². The topological polar surface area (TPSA) is 62.6 Å². The second kappa shape index (κ2) is 15.6. The third-order valence-electron chi connectivity index (χ3n) is 0.508. The fourth-order valence-electron chi connectivity index (χ4n) is 0.187. The van der Waals surface area contributed by atoms with Gasteiger partial charge < -0.3 is 4.90 Å². The Morgan fingerprint density at radius 1 is 1.27 bits per heavy atom. The molecule has 0 aromatic carbocycles. The number of imide groups is 1. The maximum atomic E-state index is 10.3. The van der Waals surface area contributed by atoms with Gasteiger partial charge in [-0.1, -0.05) is 6.58 Å². The highest BCUT2D eigenvalue weighted by Crippen LogP contribution is 1.72. The van der Waals surface area contributed by atoms with Crippen LogP contribution in [0, 0.1) is 0 Å². The number of hydrogen-bond acceptors (Lipinski definition) is 2. The Labute approximate surface area is 105 Å². The molecule has 88 valence electrons. The van der Waals surface area contributed by atoms with E-state index in [4.69, 9.17) is 0 Å². The van der Waals surface area contributed by atoms with Crippen LogP contribution in [0.5, 0.6) is 0 Å². The van der Waals surface area contributed by atoms with Crippen molar-refractivity contribution in [3.8, 4) is 0 Å². The molecular formula is C9H19IN3O2+. The molecule has 0 bridgehead atoms. The molecule has 0 aliphatic rings. The van der Waals surface area contributed by atoms with Gasteiger partial charge in [-0.25, -0.2) is 4.79 Å². The first kappa shape index (κ1) is 19.6. The highest BCUT2D eigenvalue weighted by Gasteiger charge is 1.98. The van der Waals surface area contributed by atoms with Crippen LogP contribution < -0.4 is 13.7 Å². The maximum absolute atomic E-state index is 10.3. The third-order valence-corrected chi connectivity index (χ3v) is 0.998. The molecule has 0 aromatic heterocycles. The lowest BCUT2D eigenvalue weighted by molar-refractivity contribution is -0.836. The summed E-state index contributed by atoms with van der Waals surface area (Å²) in [6.07, 6.45) is 1.02. The van der Waals surface area contributed by atoms with Crippen molar-refractivity contribution in [2.75, 3.05) is 21.1 Å². The lowest BCUT2D eigenvalue weighted by Crippen LogP contribution is -3.02. The summed E-state index contributed by atoms with van der Waals surface area (Å²) in [5.41, 5.74) is 0. The van der Waals surface area contributed by atoms with E-state index in [2.05, 4.69) is 44.4 Å². The van der Waals surface area contributed by atoms with Gasteiger partial charge in [0.1, 0.15) is 0 Å². The van der Waals surface area contributed by atoms with Crippen LogP contribution in [-0.2, 0) is 4.79 Å². The summed E-state index contributed by atoms with van der Waals surface area (Å²) in [5.74, 6) is -0.510. The first-order valence-corrected chi connectivity index (χ1v) is 5.12. The molecule has 0 atom stereocenters.